The Morgan fingerprint density at radius 1 is 0.587 bits per heavy atom. The third-order valence-corrected chi connectivity index (χ3v) is 11.9. The zero-order valence-electron chi connectivity index (χ0n) is 39.6. The molecule has 23 heteroatoms. The van der Waals surface area contributed by atoms with Crippen molar-refractivity contribution in [2.45, 2.75) is 63.1 Å². The monoisotopic (exact) mass is 1070 g/mol. The summed E-state index contributed by atoms with van der Waals surface area (Å²) in [5.74, 6) is -3.26. The summed E-state index contributed by atoms with van der Waals surface area (Å²) in [7, 11) is 0. The zero-order valence-corrected chi connectivity index (χ0v) is 41.1. The molecule has 2 heterocycles. The number of hydrogen-bond donors (Lipinski definition) is 6. The lowest BCUT2D eigenvalue weighted by atomic mass is 9.97. The summed E-state index contributed by atoms with van der Waals surface area (Å²) in [6, 6.07) is 37.1. The molecule has 0 aliphatic heterocycles. The summed E-state index contributed by atoms with van der Waals surface area (Å²) in [6.07, 6.45) is -8.03. The molecule has 6 N–H and O–H groups in total. The van der Waals surface area contributed by atoms with E-state index < -0.39 is 67.2 Å². The maximum atomic E-state index is 13.0. The first-order valence-electron chi connectivity index (χ1n) is 23.0. The molecule has 2 aromatic heterocycles. The van der Waals surface area contributed by atoms with Gasteiger partial charge in [-0.3, -0.25) is 9.59 Å². The Hall–Kier alpha value is -8.11. The lowest BCUT2D eigenvalue weighted by Gasteiger charge is -2.22. The number of amides is 2. The SMILES string of the molecule is CCOC(=O)[C@H](O)C[C@@H](Cc1ccc(-c2cccc(Cl)c2)cc1)NC(=O)c1ccc2nnn(O)c2c1.O=C(N[C@H](Cc1ccc(-c2cccc(Cl)c2)cc1)C[C@@H](O)C(=O)OCC(F)(F)F)c1ccc2nnn(O)c2c1. The molecule has 390 valence electrons. The van der Waals surface area contributed by atoms with E-state index >= 15 is 0 Å². The number of nitrogens with one attached hydrogen (secondary N) is 2. The van der Waals surface area contributed by atoms with Crippen LogP contribution in [0.25, 0.3) is 44.3 Å². The average Bonchev–Trinajstić information content (AvgIpc) is 3.96. The second-order valence-corrected chi connectivity index (χ2v) is 17.9. The van der Waals surface area contributed by atoms with Crippen LogP contribution < -0.4 is 10.6 Å². The van der Waals surface area contributed by atoms with Gasteiger partial charge in [-0.2, -0.15) is 13.2 Å². The Morgan fingerprint density at radius 3 is 1.39 bits per heavy atom. The largest absolute Gasteiger partial charge is 0.464 e. The molecule has 0 saturated heterocycles. The summed E-state index contributed by atoms with van der Waals surface area (Å²) < 4.78 is 46.4. The molecule has 75 heavy (non-hydrogen) atoms. The predicted molar refractivity (Wildman–Crippen MR) is 268 cm³/mol. The smallest absolute Gasteiger partial charge is 0.422 e. The van der Waals surface area contributed by atoms with Crippen LogP contribution in [0.3, 0.4) is 0 Å². The first-order valence-corrected chi connectivity index (χ1v) is 23.7. The number of alkyl halides is 3. The molecule has 0 saturated carbocycles. The van der Waals surface area contributed by atoms with Crippen molar-refractivity contribution in [3.05, 3.63) is 166 Å². The first kappa shape index (κ1) is 54.7. The highest BCUT2D eigenvalue weighted by atomic mass is 35.5. The highest BCUT2D eigenvalue weighted by molar-refractivity contribution is 6.31. The molecule has 8 rings (SSSR count). The van der Waals surface area contributed by atoms with Crippen molar-refractivity contribution in [3.8, 4) is 22.3 Å². The van der Waals surface area contributed by atoms with Crippen molar-refractivity contribution in [2.24, 2.45) is 0 Å². The lowest BCUT2D eigenvalue weighted by Crippen LogP contribution is -2.41. The number of benzene rings is 6. The molecule has 0 bridgehead atoms. The third-order valence-electron chi connectivity index (χ3n) is 11.5. The Balaban J connectivity index is 0.000000219. The van der Waals surface area contributed by atoms with Gasteiger partial charge in [0.05, 0.1) is 6.61 Å². The topological polar surface area (TPSA) is 253 Å². The summed E-state index contributed by atoms with van der Waals surface area (Å²) in [5, 5.41) is 61.4. The molecule has 18 nitrogen and oxygen atoms in total. The number of aromatic nitrogens is 6. The fourth-order valence-electron chi connectivity index (χ4n) is 7.81. The second kappa shape index (κ2) is 24.7. The number of halogens is 5. The van der Waals surface area contributed by atoms with E-state index in [0.717, 1.165) is 33.4 Å². The number of carbonyl (C=O) groups excluding carboxylic acids is 4. The number of nitrogens with zero attached hydrogens (tertiary/aromatic N) is 6. The van der Waals surface area contributed by atoms with Crippen molar-refractivity contribution in [1.29, 1.82) is 0 Å². The summed E-state index contributed by atoms with van der Waals surface area (Å²) in [6.45, 7) is -0.0449. The number of aliphatic hydroxyl groups is 2. The Bertz CT molecular complexity index is 3290. The van der Waals surface area contributed by atoms with Gasteiger partial charge in [-0.25, -0.2) is 9.59 Å². The van der Waals surface area contributed by atoms with E-state index in [1.54, 1.807) is 43.3 Å². The maximum absolute atomic E-state index is 13.0. The quantitative estimate of drug-likeness (QED) is 0.0354. The summed E-state index contributed by atoms with van der Waals surface area (Å²) >= 11 is 12.2. The van der Waals surface area contributed by atoms with Crippen LogP contribution in [0, 0.1) is 0 Å². The van der Waals surface area contributed by atoms with E-state index in [4.69, 9.17) is 27.9 Å². The van der Waals surface area contributed by atoms with Crippen LogP contribution in [0.1, 0.15) is 51.6 Å². The van der Waals surface area contributed by atoms with E-state index in [2.05, 4.69) is 36.0 Å². The number of fused-ring (bicyclic) bond motifs is 2. The van der Waals surface area contributed by atoms with Crippen molar-refractivity contribution in [2.75, 3.05) is 13.2 Å². The van der Waals surface area contributed by atoms with Gasteiger partial charge in [-0.1, -0.05) is 106 Å². The fourth-order valence-corrected chi connectivity index (χ4v) is 8.19. The van der Waals surface area contributed by atoms with Crippen LogP contribution in [0.15, 0.2) is 133 Å². The van der Waals surface area contributed by atoms with Crippen molar-refractivity contribution in [3.63, 3.8) is 0 Å². The molecular formula is C52H47Cl2F3N8O10. The molecule has 0 radical (unpaired) electrons. The first-order chi connectivity index (χ1) is 35.8. The van der Waals surface area contributed by atoms with Crippen molar-refractivity contribution in [1.82, 2.24) is 40.9 Å². The predicted octanol–water partition coefficient (Wildman–Crippen LogP) is 7.83. The highest BCUT2D eigenvalue weighted by Gasteiger charge is 2.32. The fraction of sp³-hybridized carbons (Fsp3) is 0.231. The lowest BCUT2D eigenvalue weighted by molar-refractivity contribution is -0.192. The molecule has 4 atom stereocenters. The van der Waals surface area contributed by atoms with Gasteiger partial charge in [0.15, 0.2) is 18.8 Å². The summed E-state index contributed by atoms with van der Waals surface area (Å²) in [4.78, 5) is 51.1. The molecule has 0 spiro atoms. The minimum atomic E-state index is -4.75. The molecule has 0 unspecified atom stereocenters. The molecular weight excluding hydrogens is 1020 g/mol. The van der Waals surface area contributed by atoms with Crippen molar-refractivity contribution < 1.29 is 62.5 Å². The average molecular weight is 1070 g/mol. The normalized spacial score (nSPS) is 13.0. The van der Waals surface area contributed by atoms with Crippen LogP contribution >= 0.6 is 23.2 Å². The molecule has 0 aliphatic carbocycles. The third kappa shape index (κ3) is 15.2. The molecule has 0 aliphatic rings. The van der Waals surface area contributed by atoms with Crippen LogP contribution in [0.4, 0.5) is 13.2 Å². The van der Waals surface area contributed by atoms with E-state index in [9.17, 15) is 53.0 Å². The second-order valence-electron chi connectivity index (χ2n) is 17.0. The van der Waals surface area contributed by atoms with Crippen LogP contribution in [-0.4, -0.2) is 118 Å². The number of ether oxygens (including phenoxy) is 2. The Kier molecular flexibility index (Phi) is 18.0. The van der Waals surface area contributed by atoms with Gasteiger partial charge in [-0.05, 0) is 124 Å². The van der Waals surface area contributed by atoms with Gasteiger partial charge in [0.1, 0.15) is 22.1 Å². The van der Waals surface area contributed by atoms with Crippen molar-refractivity contribution >= 4 is 69.0 Å². The minimum Gasteiger partial charge on any atom is -0.464 e. The number of carbonyl (C=O) groups is 4. The Labute approximate surface area is 435 Å². The van der Waals surface area contributed by atoms with E-state index in [-0.39, 0.29) is 41.6 Å². The van der Waals surface area contributed by atoms with Crippen LogP contribution in [0.5, 0.6) is 0 Å². The van der Waals surface area contributed by atoms with Crippen LogP contribution in [0.2, 0.25) is 10.0 Å². The van der Waals surface area contributed by atoms with Gasteiger partial charge in [0.25, 0.3) is 11.8 Å². The molecule has 6 aromatic carbocycles. The number of aliphatic hydroxyl groups excluding tert-OH is 2. The minimum absolute atomic E-state index is 0.0393. The standard InChI is InChI=1S/C26H22ClF3N4O5.C26H25ClN4O5/c27-19-3-1-2-17(11-19)16-6-4-15(5-7-16)10-20(13-23(35)25(37)39-14-26(28,29)30)31-24(36)18-8-9-21-22(12-18)34(38)33-32-21;1-2-36-26(34)24(32)15-21(28-25(33)19-10-11-22-23(14-19)31(35)30-29-22)12-16-6-8-17(9-7-16)18-4-3-5-20(27)13-18/h1-9,11-12,20,23,35,38H,10,13-14H2,(H,31,36);3-11,13-14,21,24,32,35H,2,12,15H2,1H3,(H,28,33)/t20-,23-;21-,24-/m11/s1. The molecule has 2 amide bonds. The molecule has 0 fully saturated rings. The van der Waals surface area contributed by atoms with Gasteiger partial charge in [-0.15, -0.1) is 10.2 Å². The maximum Gasteiger partial charge on any atom is 0.422 e. The van der Waals surface area contributed by atoms with Crippen LogP contribution in [-0.2, 0) is 31.9 Å². The number of rotatable bonds is 18. The van der Waals surface area contributed by atoms with E-state index in [1.165, 1.54) is 24.3 Å². The van der Waals surface area contributed by atoms with Gasteiger partial charge in [0, 0.05) is 46.1 Å². The van der Waals surface area contributed by atoms with Gasteiger partial charge < -0.3 is 40.7 Å². The van der Waals surface area contributed by atoms with E-state index in [1.807, 2.05) is 72.8 Å². The highest BCUT2D eigenvalue weighted by Crippen LogP contribution is 2.26. The van der Waals surface area contributed by atoms with Gasteiger partial charge in [0.2, 0.25) is 0 Å². The van der Waals surface area contributed by atoms with Gasteiger partial charge >= 0.3 is 18.1 Å². The Morgan fingerprint density at radius 2 is 1.00 bits per heavy atom. The number of hydrogen-bond acceptors (Lipinski definition) is 14. The zero-order chi connectivity index (χ0) is 53.8. The van der Waals surface area contributed by atoms with E-state index in [0.29, 0.717) is 37.2 Å². The molecule has 8 aromatic rings. The summed E-state index contributed by atoms with van der Waals surface area (Å²) in [5.41, 5.74) is 6.95. The number of esters is 2.